The summed E-state index contributed by atoms with van der Waals surface area (Å²) in [6, 6.07) is 0. The average Bonchev–Trinajstić information content (AvgIpc) is 1.82. The molecule has 80 valence electrons. The van der Waals surface area contributed by atoms with E-state index in [1.165, 1.54) is 0 Å². The second-order valence-corrected chi connectivity index (χ2v) is 6.38. The maximum absolute atomic E-state index is 11.4. The molecule has 3 nitrogen and oxygen atoms in total. The smallest absolute Gasteiger partial charge is 0.212 e. The Morgan fingerprint density at radius 2 is 1.92 bits per heavy atom. The molecule has 0 aliphatic heterocycles. The number of hydrogen-bond donors (Lipinski definition) is 1. The Balaban J connectivity index is 4.25. The van der Waals surface area contributed by atoms with E-state index in [1.54, 1.807) is 0 Å². The molecule has 0 fully saturated rings. The Morgan fingerprint density at radius 3 is 2.31 bits per heavy atom. The van der Waals surface area contributed by atoms with E-state index in [4.69, 9.17) is 0 Å². The third-order valence-corrected chi connectivity index (χ3v) is 3.83. The highest BCUT2D eigenvalue weighted by molar-refractivity contribution is 9.09. The highest BCUT2D eigenvalue weighted by Crippen LogP contribution is 2.11. The van der Waals surface area contributed by atoms with Gasteiger partial charge in [0.2, 0.25) is 10.0 Å². The minimum atomic E-state index is -3.08. The van der Waals surface area contributed by atoms with Gasteiger partial charge in [0.25, 0.3) is 0 Å². The van der Waals surface area contributed by atoms with E-state index in [1.807, 2.05) is 20.8 Å². The third-order valence-electron chi connectivity index (χ3n) is 1.62. The van der Waals surface area contributed by atoms with Crippen molar-refractivity contribution in [3.8, 4) is 0 Å². The second kappa shape index (κ2) is 5.32. The molecule has 0 aromatic carbocycles. The van der Waals surface area contributed by atoms with Gasteiger partial charge in [0, 0.05) is 10.9 Å². The van der Waals surface area contributed by atoms with E-state index in [-0.39, 0.29) is 11.3 Å². The van der Waals surface area contributed by atoms with Crippen molar-refractivity contribution in [2.24, 2.45) is 0 Å². The van der Waals surface area contributed by atoms with Crippen LogP contribution in [-0.2, 0) is 10.0 Å². The number of hydrogen-bond acceptors (Lipinski definition) is 2. The zero-order valence-corrected chi connectivity index (χ0v) is 10.8. The second-order valence-electron chi connectivity index (χ2n) is 3.74. The molecule has 0 aromatic heterocycles. The molecule has 0 bridgehead atoms. The highest BCUT2D eigenvalue weighted by atomic mass is 79.9. The molecule has 0 atom stereocenters. The monoisotopic (exact) mass is 271 g/mol. The lowest BCUT2D eigenvalue weighted by Gasteiger charge is -2.24. The zero-order chi connectivity index (χ0) is 10.5. The molecule has 0 heterocycles. The first kappa shape index (κ1) is 13.4. The van der Waals surface area contributed by atoms with E-state index >= 15 is 0 Å². The molecule has 0 spiro atoms. The molecule has 0 saturated heterocycles. The van der Waals surface area contributed by atoms with Crippen LogP contribution >= 0.6 is 15.9 Å². The zero-order valence-electron chi connectivity index (χ0n) is 8.43. The molecule has 1 N–H and O–H groups in total. The topological polar surface area (TPSA) is 46.2 Å². The van der Waals surface area contributed by atoms with Crippen molar-refractivity contribution < 1.29 is 8.42 Å². The molecule has 0 rings (SSSR count). The predicted molar refractivity (Wildman–Crippen MR) is 59.7 cm³/mol. The van der Waals surface area contributed by atoms with Crippen LogP contribution in [0.5, 0.6) is 0 Å². The van der Waals surface area contributed by atoms with Crippen LogP contribution in [0, 0.1) is 0 Å². The predicted octanol–water partition coefficient (Wildman–Crippen LogP) is 1.88. The molecule has 0 unspecified atom stereocenters. The summed E-state index contributed by atoms with van der Waals surface area (Å²) in [6.07, 6.45) is 1.44. The Morgan fingerprint density at radius 1 is 1.38 bits per heavy atom. The van der Waals surface area contributed by atoms with Crippen molar-refractivity contribution in [2.45, 2.75) is 39.2 Å². The van der Waals surface area contributed by atoms with Crippen LogP contribution in [0.15, 0.2) is 0 Å². The van der Waals surface area contributed by atoms with E-state index in [2.05, 4.69) is 20.7 Å². The molecule has 0 aliphatic rings. The first-order valence-corrected chi connectivity index (χ1v) is 7.18. The molecule has 0 radical (unpaired) electrons. The first-order chi connectivity index (χ1) is 5.83. The maximum Gasteiger partial charge on any atom is 0.212 e. The van der Waals surface area contributed by atoms with Crippen LogP contribution in [0.1, 0.15) is 33.6 Å². The highest BCUT2D eigenvalue weighted by Gasteiger charge is 2.23. The van der Waals surface area contributed by atoms with Crippen molar-refractivity contribution in [3.63, 3.8) is 0 Å². The summed E-state index contributed by atoms with van der Waals surface area (Å²) in [4.78, 5) is 0. The maximum atomic E-state index is 11.4. The average molecular weight is 272 g/mol. The standard InChI is InChI=1S/C8H18BrNO2S/c1-4-7-13(11,12)10-8(2,3)5-6-9/h10H,4-7H2,1-3H3. The van der Waals surface area contributed by atoms with Crippen LogP contribution in [-0.4, -0.2) is 25.0 Å². The van der Waals surface area contributed by atoms with Gasteiger partial charge in [0.1, 0.15) is 0 Å². The number of alkyl halides is 1. The largest absolute Gasteiger partial charge is 0.212 e. The van der Waals surface area contributed by atoms with Gasteiger partial charge in [0.15, 0.2) is 0 Å². The molecular weight excluding hydrogens is 254 g/mol. The molecule has 0 aromatic rings. The Hall–Kier alpha value is 0.390. The quantitative estimate of drug-likeness (QED) is 0.750. The molecule has 0 amide bonds. The number of nitrogens with one attached hydrogen (secondary N) is 1. The van der Waals surface area contributed by atoms with Crippen molar-refractivity contribution in [1.82, 2.24) is 4.72 Å². The SMILES string of the molecule is CCCS(=O)(=O)NC(C)(C)CCBr. The minimum Gasteiger partial charge on any atom is -0.212 e. The first-order valence-electron chi connectivity index (χ1n) is 4.40. The van der Waals surface area contributed by atoms with Gasteiger partial charge in [-0.25, -0.2) is 13.1 Å². The number of halogens is 1. The lowest BCUT2D eigenvalue weighted by molar-refractivity contribution is 0.443. The molecule has 5 heteroatoms. The van der Waals surface area contributed by atoms with Crippen LogP contribution < -0.4 is 4.72 Å². The normalized spacial score (nSPS) is 13.2. The van der Waals surface area contributed by atoms with Gasteiger partial charge < -0.3 is 0 Å². The van der Waals surface area contributed by atoms with Crippen LogP contribution in [0.3, 0.4) is 0 Å². The lowest BCUT2D eigenvalue weighted by atomic mass is 10.0. The van der Waals surface area contributed by atoms with Gasteiger partial charge in [-0.1, -0.05) is 22.9 Å². The van der Waals surface area contributed by atoms with Gasteiger partial charge in [0.05, 0.1) is 5.75 Å². The van der Waals surface area contributed by atoms with Crippen molar-refractivity contribution in [2.75, 3.05) is 11.1 Å². The van der Waals surface area contributed by atoms with E-state index < -0.39 is 10.0 Å². The van der Waals surface area contributed by atoms with Gasteiger partial charge >= 0.3 is 0 Å². The Kier molecular flexibility index (Phi) is 5.47. The van der Waals surface area contributed by atoms with Gasteiger partial charge in [-0.2, -0.15) is 0 Å². The fourth-order valence-electron chi connectivity index (χ4n) is 1.03. The summed E-state index contributed by atoms with van der Waals surface area (Å²) in [6.45, 7) is 5.64. The van der Waals surface area contributed by atoms with E-state index in [0.717, 1.165) is 11.8 Å². The van der Waals surface area contributed by atoms with E-state index in [0.29, 0.717) is 6.42 Å². The summed E-state index contributed by atoms with van der Waals surface area (Å²) < 4.78 is 25.5. The van der Waals surface area contributed by atoms with Crippen molar-refractivity contribution in [1.29, 1.82) is 0 Å². The Bertz CT molecular complexity index is 237. The van der Waals surface area contributed by atoms with Gasteiger partial charge in [-0.15, -0.1) is 0 Å². The van der Waals surface area contributed by atoms with Crippen LogP contribution in [0.2, 0.25) is 0 Å². The van der Waals surface area contributed by atoms with Crippen molar-refractivity contribution in [3.05, 3.63) is 0 Å². The fraction of sp³-hybridized carbons (Fsp3) is 1.00. The summed E-state index contributed by atoms with van der Waals surface area (Å²) in [5.74, 6) is 0.207. The minimum absolute atomic E-state index is 0.207. The van der Waals surface area contributed by atoms with Gasteiger partial charge in [-0.3, -0.25) is 0 Å². The number of rotatable bonds is 6. The summed E-state index contributed by atoms with van der Waals surface area (Å²) in [7, 11) is -3.08. The molecule has 13 heavy (non-hydrogen) atoms. The van der Waals surface area contributed by atoms with E-state index in [9.17, 15) is 8.42 Å². The van der Waals surface area contributed by atoms with Gasteiger partial charge in [-0.05, 0) is 26.7 Å². The van der Waals surface area contributed by atoms with Crippen LogP contribution in [0.4, 0.5) is 0 Å². The summed E-state index contributed by atoms with van der Waals surface area (Å²) in [5, 5.41) is 0.800. The Labute approximate surface area is 89.5 Å². The number of sulfonamides is 1. The summed E-state index contributed by atoms with van der Waals surface area (Å²) >= 11 is 3.30. The summed E-state index contributed by atoms with van der Waals surface area (Å²) in [5.41, 5.74) is -0.350. The third kappa shape index (κ3) is 6.46. The lowest BCUT2D eigenvalue weighted by Crippen LogP contribution is -2.44. The fourth-order valence-corrected chi connectivity index (χ4v) is 3.60. The molecular formula is C8H18BrNO2S. The van der Waals surface area contributed by atoms with Crippen LogP contribution in [0.25, 0.3) is 0 Å². The molecule has 0 saturated carbocycles. The molecule has 0 aliphatic carbocycles. The van der Waals surface area contributed by atoms with Crippen molar-refractivity contribution >= 4 is 26.0 Å².